The average molecular weight is 404 g/mol. The van der Waals surface area contributed by atoms with Crippen LogP contribution in [-0.4, -0.2) is 53.9 Å². The van der Waals surface area contributed by atoms with Crippen molar-refractivity contribution in [3.63, 3.8) is 0 Å². The molecule has 0 radical (unpaired) electrons. The van der Waals surface area contributed by atoms with E-state index in [1.165, 1.54) is 38.1 Å². The van der Waals surface area contributed by atoms with Gasteiger partial charge in [-0.05, 0) is 62.1 Å². The maximum atomic E-state index is 6.15. The highest BCUT2D eigenvalue weighted by atomic mass is 16.5. The summed E-state index contributed by atoms with van der Waals surface area (Å²) in [4.78, 5) is 6.74. The Hall–Kier alpha value is -2.63. The van der Waals surface area contributed by atoms with E-state index in [1.807, 2.05) is 12.4 Å². The van der Waals surface area contributed by atoms with Crippen LogP contribution in [0.25, 0.3) is 32.6 Å². The number of fused-ring (bicyclic) bond motifs is 4. The third-order valence-electron chi connectivity index (χ3n) is 6.22. The second-order valence-electron chi connectivity index (χ2n) is 8.44. The van der Waals surface area contributed by atoms with Crippen LogP contribution in [-0.2, 0) is 4.74 Å². The van der Waals surface area contributed by atoms with Gasteiger partial charge in [0.25, 0.3) is 0 Å². The lowest BCUT2D eigenvalue weighted by Gasteiger charge is -2.26. The molecule has 1 fully saturated rings. The van der Waals surface area contributed by atoms with Crippen LogP contribution in [0.2, 0.25) is 0 Å². The summed E-state index contributed by atoms with van der Waals surface area (Å²) in [6.45, 7) is 12.0. The molecule has 0 saturated carbocycles. The van der Waals surface area contributed by atoms with Gasteiger partial charge >= 0.3 is 0 Å². The molecule has 0 aliphatic carbocycles. The van der Waals surface area contributed by atoms with E-state index >= 15 is 0 Å². The molecule has 5 heteroatoms. The van der Waals surface area contributed by atoms with Crippen LogP contribution in [0.5, 0.6) is 5.75 Å². The number of hydrogen-bond donors (Lipinski definition) is 0. The zero-order chi connectivity index (χ0) is 20.7. The van der Waals surface area contributed by atoms with Crippen molar-refractivity contribution in [3.8, 4) is 5.75 Å². The predicted molar refractivity (Wildman–Crippen MR) is 123 cm³/mol. The summed E-state index contributed by atoms with van der Waals surface area (Å²) in [6, 6.07) is 11.3. The van der Waals surface area contributed by atoms with Gasteiger partial charge in [-0.3, -0.25) is 9.88 Å². The molecule has 0 N–H and O–H groups in total. The van der Waals surface area contributed by atoms with Crippen molar-refractivity contribution in [2.24, 2.45) is 0 Å². The fourth-order valence-electron chi connectivity index (χ4n) is 4.74. The monoisotopic (exact) mass is 403 g/mol. The van der Waals surface area contributed by atoms with Crippen molar-refractivity contribution in [1.29, 1.82) is 0 Å². The number of ether oxygens (including phenoxy) is 2. The molecule has 1 saturated heterocycles. The Morgan fingerprint density at radius 1 is 1.07 bits per heavy atom. The highest BCUT2D eigenvalue weighted by Crippen LogP contribution is 2.38. The van der Waals surface area contributed by atoms with Gasteiger partial charge in [-0.1, -0.05) is 0 Å². The molecule has 4 aromatic rings. The Labute approximate surface area is 177 Å². The predicted octanol–water partition coefficient (Wildman–Crippen LogP) is 4.94. The van der Waals surface area contributed by atoms with Crippen molar-refractivity contribution >= 4 is 32.6 Å². The maximum absolute atomic E-state index is 6.15. The number of morpholine rings is 1. The second kappa shape index (κ2) is 7.89. The average Bonchev–Trinajstić information content (AvgIpc) is 3.09. The molecular formula is C25H29N3O2. The fourth-order valence-corrected chi connectivity index (χ4v) is 4.74. The van der Waals surface area contributed by atoms with Crippen LogP contribution >= 0.6 is 0 Å². The maximum Gasteiger partial charge on any atom is 0.120 e. The molecule has 2 aromatic heterocycles. The molecule has 1 aliphatic heterocycles. The van der Waals surface area contributed by atoms with Crippen LogP contribution in [0, 0.1) is 6.92 Å². The van der Waals surface area contributed by atoms with Crippen LogP contribution in [0.15, 0.2) is 42.7 Å². The van der Waals surface area contributed by atoms with Crippen LogP contribution in [0.4, 0.5) is 0 Å². The summed E-state index contributed by atoms with van der Waals surface area (Å²) < 4.78 is 14.0. The third kappa shape index (κ3) is 3.32. The van der Waals surface area contributed by atoms with Gasteiger partial charge in [0.15, 0.2) is 0 Å². The standard InChI is InChI=1S/C25H29N3O2/c1-17(2)28-24-5-4-20(30-13-10-27-8-11-29-12-9-27)15-22(24)23-14-19-16-26-7-6-21(19)18(3)25(23)28/h4-7,14-17H,8-13H2,1-3H3. The molecule has 0 unspecified atom stereocenters. The summed E-state index contributed by atoms with van der Waals surface area (Å²) in [5.41, 5.74) is 3.88. The largest absolute Gasteiger partial charge is 0.492 e. The Morgan fingerprint density at radius 2 is 1.90 bits per heavy atom. The van der Waals surface area contributed by atoms with Crippen molar-refractivity contribution in [2.75, 3.05) is 39.5 Å². The zero-order valence-electron chi connectivity index (χ0n) is 18.0. The SMILES string of the molecule is Cc1c2ccncc2cc2c3cc(OCCN4CCOCC4)ccc3n(C(C)C)c12. The van der Waals surface area contributed by atoms with E-state index in [9.17, 15) is 0 Å². The van der Waals surface area contributed by atoms with Crippen molar-refractivity contribution < 1.29 is 9.47 Å². The number of pyridine rings is 1. The van der Waals surface area contributed by atoms with E-state index < -0.39 is 0 Å². The molecule has 0 bridgehead atoms. The van der Waals surface area contributed by atoms with Gasteiger partial charge < -0.3 is 14.0 Å². The lowest BCUT2D eigenvalue weighted by atomic mass is 10.0. The second-order valence-corrected chi connectivity index (χ2v) is 8.44. The van der Waals surface area contributed by atoms with Gasteiger partial charge in [0.2, 0.25) is 0 Å². The number of aryl methyl sites for hydroxylation is 1. The highest BCUT2D eigenvalue weighted by molar-refractivity contribution is 6.14. The number of nitrogens with zero attached hydrogens (tertiary/aromatic N) is 3. The first-order valence-corrected chi connectivity index (χ1v) is 10.9. The Morgan fingerprint density at radius 3 is 2.70 bits per heavy atom. The summed E-state index contributed by atoms with van der Waals surface area (Å²) in [5, 5.41) is 4.97. The van der Waals surface area contributed by atoms with E-state index in [0.29, 0.717) is 12.6 Å². The van der Waals surface area contributed by atoms with Gasteiger partial charge in [-0.2, -0.15) is 0 Å². The van der Waals surface area contributed by atoms with Gasteiger partial charge in [0.05, 0.1) is 18.7 Å². The lowest BCUT2D eigenvalue weighted by Crippen LogP contribution is -2.38. The lowest BCUT2D eigenvalue weighted by molar-refractivity contribution is 0.0322. The molecule has 0 spiro atoms. The van der Waals surface area contributed by atoms with Gasteiger partial charge in [0, 0.05) is 59.7 Å². The smallest absolute Gasteiger partial charge is 0.120 e. The Kier molecular flexibility index (Phi) is 5.09. The first-order valence-electron chi connectivity index (χ1n) is 10.9. The summed E-state index contributed by atoms with van der Waals surface area (Å²) in [5.74, 6) is 0.933. The fraction of sp³-hybridized carbons (Fsp3) is 0.400. The topological polar surface area (TPSA) is 39.5 Å². The minimum atomic E-state index is 0.371. The van der Waals surface area contributed by atoms with Crippen LogP contribution in [0.1, 0.15) is 25.5 Å². The van der Waals surface area contributed by atoms with Crippen LogP contribution in [0.3, 0.4) is 0 Å². The van der Waals surface area contributed by atoms with E-state index in [0.717, 1.165) is 38.6 Å². The molecule has 0 amide bonds. The zero-order valence-corrected chi connectivity index (χ0v) is 18.0. The molecule has 0 atom stereocenters. The molecule has 5 rings (SSSR count). The van der Waals surface area contributed by atoms with Crippen molar-refractivity contribution in [2.45, 2.75) is 26.8 Å². The Balaban J connectivity index is 1.56. The van der Waals surface area contributed by atoms with E-state index in [1.54, 1.807) is 0 Å². The normalized spacial score (nSPS) is 15.6. The molecule has 1 aliphatic rings. The van der Waals surface area contributed by atoms with Crippen molar-refractivity contribution in [3.05, 3.63) is 48.3 Å². The number of rotatable bonds is 5. The first kappa shape index (κ1) is 19.3. The number of hydrogen-bond acceptors (Lipinski definition) is 4. The highest BCUT2D eigenvalue weighted by Gasteiger charge is 2.17. The first-order chi connectivity index (χ1) is 14.6. The summed E-state index contributed by atoms with van der Waals surface area (Å²) in [6.07, 6.45) is 3.84. The van der Waals surface area contributed by atoms with Crippen molar-refractivity contribution in [1.82, 2.24) is 14.5 Å². The van der Waals surface area contributed by atoms with Gasteiger partial charge in [-0.15, -0.1) is 0 Å². The molecular weight excluding hydrogens is 374 g/mol. The van der Waals surface area contributed by atoms with E-state index in [4.69, 9.17) is 9.47 Å². The molecule has 5 nitrogen and oxygen atoms in total. The van der Waals surface area contributed by atoms with Gasteiger partial charge in [0.1, 0.15) is 12.4 Å². The summed E-state index contributed by atoms with van der Waals surface area (Å²) in [7, 11) is 0. The number of aromatic nitrogens is 2. The summed E-state index contributed by atoms with van der Waals surface area (Å²) >= 11 is 0. The van der Waals surface area contributed by atoms with Gasteiger partial charge in [-0.25, -0.2) is 0 Å². The van der Waals surface area contributed by atoms with E-state index in [-0.39, 0.29) is 0 Å². The van der Waals surface area contributed by atoms with Crippen LogP contribution < -0.4 is 4.74 Å². The minimum absolute atomic E-state index is 0.371. The minimum Gasteiger partial charge on any atom is -0.492 e. The Bertz CT molecular complexity index is 1210. The molecule has 3 heterocycles. The molecule has 30 heavy (non-hydrogen) atoms. The van der Waals surface area contributed by atoms with E-state index in [2.05, 4.69) is 65.6 Å². The quantitative estimate of drug-likeness (QED) is 0.473. The number of benzene rings is 2. The molecule has 156 valence electrons. The molecule has 2 aromatic carbocycles. The third-order valence-corrected chi connectivity index (χ3v) is 6.22.